The second kappa shape index (κ2) is 9.41. The normalized spacial score (nSPS) is 14.7. The zero-order chi connectivity index (χ0) is 21.7. The standard InChI is InChI=1S/C23H27F3N2O2/c1-16(2)15-30-19-8-6-7-17(13-19)22(29)27-20-14-18(23(24,25)26)9-10-21(20)28-11-4-3-5-12-28/h6-10,13-14,16H,3-5,11-12,15H2,1-2H3,(H,27,29). The summed E-state index contributed by atoms with van der Waals surface area (Å²) in [6, 6.07) is 10.2. The number of anilines is 2. The van der Waals surface area contributed by atoms with E-state index in [1.807, 2.05) is 18.7 Å². The summed E-state index contributed by atoms with van der Waals surface area (Å²) in [5.74, 6) is 0.416. The van der Waals surface area contributed by atoms with E-state index in [1.165, 1.54) is 6.07 Å². The van der Waals surface area contributed by atoms with Gasteiger partial charge in [0.25, 0.3) is 5.91 Å². The van der Waals surface area contributed by atoms with E-state index >= 15 is 0 Å². The van der Waals surface area contributed by atoms with Crippen molar-refractivity contribution in [1.29, 1.82) is 0 Å². The molecule has 1 fully saturated rings. The van der Waals surface area contributed by atoms with Crippen molar-refractivity contribution in [1.82, 2.24) is 0 Å². The van der Waals surface area contributed by atoms with Gasteiger partial charge in [0.15, 0.2) is 0 Å². The first-order chi connectivity index (χ1) is 14.2. The van der Waals surface area contributed by atoms with E-state index in [2.05, 4.69) is 5.32 Å². The van der Waals surface area contributed by atoms with Gasteiger partial charge in [0.2, 0.25) is 0 Å². The number of carbonyl (C=O) groups excluding carboxylic acids is 1. The first kappa shape index (κ1) is 22.0. The Labute approximate surface area is 175 Å². The first-order valence-electron chi connectivity index (χ1n) is 10.2. The molecule has 0 aliphatic carbocycles. The topological polar surface area (TPSA) is 41.6 Å². The fraction of sp³-hybridized carbons (Fsp3) is 0.435. The summed E-state index contributed by atoms with van der Waals surface area (Å²) in [7, 11) is 0. The smallest absolute Gasteiger partial charge is 0.416 e. The zero-order valence-electron chi connectivity index (χ0n) is 17.3. The molecule has 0 aromatic heterocycles. The fourth-order valence-corrected chi connectivity index (χ4v) is 3.41. The average Bonchev–Trinajstić information content (AvgIpc) is 2.72. The molecule has 1 heterocycles. The summed E-state index contributed by atoms with van der Waals surface area (Å²) < 4.78 is 45.4. The van der Waals surface area contributed by atoms with Gasteiger partial charge >= 0.3 is 6.18 Å². The molecule has 0 saturated carbocycles. The molecule has 0 spiro atoms. The minimum Gasteiger partial charge on any atom is -0.493 e. The average molecular weight is 420 g/mol. The largest absolute Gasteiger partial charge is 0.493 e. The molecule has 3 rings (SSSR count). The molecular formula is C23H27F3N2O2. The molecule has 1 aliphatic heterocycles. The van der Waals surface area contributed by atoms with Crippen molar-refractivity contribution >= 4 is 17.3 Å². The van der Waals surface area contributed by atoms with Gasteiger partial charge < -0.3 is 15.0 Å². The third kappa shape index (κ3) is 5.68. The number of halogens is 3. The maximum absolute atomic E-state index is 13.3. The van der Waals surface area contributed by atoms with Crippen molar-refractivity contribution in [2.45, 2.75) is 39.3 Å². The second-order valence-electron chi connectivity index (χ2n) is 7.96. The molecular weight excluding hydrogens is 393 g/mol. The third-order valence-electron chi connectivity index (χ3n) is 4.95. The lowest BCUT2D eigenvalue weighted by Gasteiger charge is -2.31. The van der Waals surface area contributed by atoms with Crippen LogP contribution in [0.2, 0.25) is 0 Å². The molecule has 0 atom stereocenters. The van der Waals surface area contributed by atoms with Crippen molar-refractivity contribution in [3.05, 3.63) is 53.6 Å². The minimum absolute atomic E-state index is 0.172. The number of hydrogen-bond acceptors (Lipinski definition) is 3. The van der Waals surface area contributed by atoms with Crippen molar-refractivity contribution in [3.8, 4) is 5.75 Å². The molecule has 7 heteroatoms. The Morgan fingerprint density at radius 3 is 2.50 bits per heavy atom. The lowest BCUT2D eigenvalue weighted by molar-refractivity contribution is -0.137. The number of ether oxygens (including phenoxy) is 1. The zero-order valence-corrected chi connectivity index (χ0v) is 17.3. The number of alkyl halides is 3. The Morgan fingerprint density at radius 1 is 1.10 bits per heavy atom. The number of nitrogens with zero attached hydrogens (tertiary/aromatic N) is 1. The van der Waals surface area contributed by atoms with Gasteiger partial charge in [0.1, 0.15) is 5.75 Å². The van der Waals surface area contributed by atoms with Crippen LogP contribution in [0.5, 0.6) is 5.75 Å². The van der Waals surface area contributed by atoms with Gasteiger partial charge in [-0.1, -0.05) is 19.9 Å². The maximum Gasteiger partial charge on any atom is 0.416 e. The first-order valence-corrected chi connectivity index (χ1v) is 10.2. The SMILES string of the molecule is CC(C)COc1cccc(C(=O)Nc2cc(C(F)(F)F)ccc2N2CCCCC2)c1. The summed E-state index contributed by atoms with van der Waals surface area (Å²) in [6.07, 6.45) is -1.43. The van der Waals surface area contributed by atoms with Gasteiger partial charge in [0.05, 0.1) is 23.5 Å². The van der Waals surface area contributed by atoms with E-state index in [9.17, 15) is 18.0 Å². The maximum atomic E-state index is 13.3. The summed E-state index contributed by atoms with van der Waals surface area (Å²) in [5, 5.41) is 2.69. The van der Waals surface area contributed by atoms with E-state index < -0.39 is 17.6 Å². The van der Waals surface area contributed by atoms with Crippen LogP contribution >= 0.6 is 0 Å². The predicted molar refractivity (Wildman–Crippen MR) is 112 cm³/mol. The molecule has 1 saturated heterocycles. The Bertz CT molecular complexity index is 875. The second-order valence-corrected chi connectivity index (χ2v) is 7.96. The van der Waals surface area contributed by atoms with Gasteiger partial charge in [-0.25, -0.2) is 0 Å². The Morgan fingerprint density at radius 2 is 1.83 bits per heavy atom. The van der Waals surface area contributed by atoms with Gasteiger partial charge in [-0.15, -0.1) is 0 Å². The van der Waals surface area contributed by atoms with Crippen molar-refractivity contribution < 1.29 is 22.7 Å². The highest BCUT2D eigenvalue weighted by Gasteiger charge is 2.32. The Balaban J connectivity index is 1.86. The van der Waals surface area contributed by atoms with Gasteiger partial charge in [0, 0.05) is 18.7 Å². The van der Waals surface area contributed by atoms with Crippen LogP contribution in [0.1, 0.15) is 49.0 Å². The molecule has 1 amide bonds. The van der Waals surface area contributed by atoms with E-state index in [0.29, 0.717) is 29.5 Å². The monoisotopic (exact) mass is 420 g/mol. The number of carbonyl (C=O) groups is 1. The molecule has 2 aromatic carbocycles. The molecule has 1 aliphatic rings. The number of rotatable bonds is 6. The van der Waals surface area contributed by atoms with E-state index in [-0.39, 0.29) is 5.69 Å². The molecule has 4 nitrogen and oxygen atoms in total. The third-order valence-corrected chi connectivity index (χ3v) is 4.95. The lowest BCUT2D eigenvalue weighted by atomic mass is 10.1. The molecule has 0 bridgehead atoms. The van der Waals surface area contributed by atoms with Crippen LogP contribution in [0.4, 0.5) is 24.5 Å². The van der Waals surface area contributed by atoms with E-state index in [4.69, 9.17) is 4.74 Å². The highest BCUT2D eigenvalue weighted by molar-refractivity contribution is 6.06. The van der Waals surface area contributed by atoms with E-state index in [0.717, 1.165) is 44.5 Å². The highest BCUT2D eigenvalue weighted by Crippen LogP contribution is 2.36. The van der Waals surface area contributed by atoms with Crippen molar-refractivity contribution in [2.24, 2.45) is 5.92 Å². The predicted octanol–water partition coefficient (Wildman–Crippen LogP) is 5.98. The molecule has 0 radical (unpaired) electrons. The van der Waals surface area contributed by atoms with Gasteiger partial charge in [-0.05, 0) is 61.6 Å². The minimum atomic E-state index is -4.48. The molecule has 2 aromatic rings. The van der Waals surface area contributed by atoms with Crippen molar-refractivity contribution in [3.63, 3.8) is 0 Å². The molecule has 1 N–H and O–H groups in total. The Hall–Kier alpha value is -2.70. The van der Waals surface area contributed by atoms with Crippen LogP contribution in [-0.2, 0) is 6.18 Å². The molecule has 0 unspecified atom stereocenters. The summed E-state index contributed by atoms with van der Waals surface area (Å²) >= 11 is 0. The van der Waals surface area contributed by atoms with Crippen LogP contribution < -0.4 is 15.0 Å². The lowest BCUT2D eigenvalue weighted by Crippen LogP contribution is -2.30. The Kier molecular flexibility index (Phi) is 6.90. The van der Waals surface area contributed by atoms with Gasteiger partial charge in [-0.3, -0.25) is 4.79 Å². The number of benzene rings is 2. The van der Waals surface area contributed by atoms with Crippen LogP contribution in [-0.4, -0.2) is 25.6 Å². The van der Waals surface area contributed by atoms with Crippen LogP contribution in [0.15, 0.2) is 42.5 Å². The fourth-order valence-electron chi connectivity index (χ4n) is 3.41. The van der Waals surface area contributed by atoms with Gasteiger partial charge in [-0.2, -0.15) is 13.2 Å². The number of amides is 1. The van der Waals surface area contributed by atoms with Crippen LogP contribution in [0.3, 0.4) is 0 Å². The van der Waals surface area contributed by atoms with Crippen LogP contribution in [0.25, 0.3) is 0 Å². The summed E-state index contributed by atoms with van der Waals surface area (Å²) in [4.78, 5) is 14.9. The summed E-state index contributed by atoms with van der Waals surface area (Å²) in [6.45, 7) is 6.07. The number of piperidine rings is 1. The number of nitrogens with one attached hydrogen (secondary N) is 1. The van der Waals surface area contributed by atoms with E-state index in [1.54, 1.807) is 24.3 Å². The van der Waals surface area contributed by atoms with Crippen LogP contribution in [0, 0.1) is 5.92 Å². The molecule has 30 heavy (non-hydrogen) atoms. The molecule has 162 valence electrons. The number of hydrogen-bond donors (Lipinski definition) is 1. The highest BCUT2D eigenvalue weighted by atomic mass is 19.4. The summed E-state index contributed by atoms with van der Waals surface area (Å²) in [5.41, 5.74) is 0.333. The van der Waals surface area contributed by atoms with Crippen molar-refractivity contribution in [2.75, 3.05) is 29.9 Å². The quantitative estimate of drug-likeness (QED) is 0.625.